The van der Waals surface area contributed by atoms with Crippen molar-refractivity contribution in [3.05, 3.63) is 49.6 Å². The van der Waals surface area contributed by atoms with Gasteiger partial charge in [-0.15, -0.1) is 11.3 Å². The standard InChI is InChI=1S/C13H11BrClNO2S/c1-18-13(17)9-3-2-8(15)6-11(9)16-7-12-10(14)4-5-19-12/h2-6,16H,7H2,1H3. The van der Waals surface area contributed by atoms with Crippen molar-refractivity contribution in [2.45, 2.75) is 6.54 Å². The number of benzene rings is 1. The van der Waals surface area contributed by atoms with Gasteiger partial charge in [0.25, 0.3) is 0 Å². The summed E-state index contributed by atoms with van der Waals surface area (Å²) in [6.45, 7) is 0.614. The van der Waals surface area contributed by atoms with Crippen LogP contribution in [0.4, 0.5) is 5.69 Å². The van der Waals surface area contributed by atoms with Gasteiger partial charge in [-0.2, -0.15) is 0 Å². The van der Waals surface area contributed by atoms with Gasteiger partial charge in [0.05, 0.1) is 24.9 Å². The lowest BCUT2D eigenvalue weighted by atomic mass is 10.2. The molecule has 2 aromatic rings. The van der Waals surface area contributed by atoms with Crippen molar-refractivity contribution in [2.24, 2.45) is 0 Å². The molecule has 0 aliphatic rings. The highest BCUT2D eigenvalue weighted by atomic mass is 79.9. The highest BCUT2D eigenvalue weighted by Crippen LogP contribution is 2.26. The maximum absolute atomic E-state index is 11.7. The lowest BCUT2D eigenvalue weighted by Crippen LogP contribution is -2.08. The summed E-state index contributed by atoms with van der Waals surface area (Å²) in [6, 6.07) is 7.02. The van der Waals surface area contributed by atoms with E-state index in [4.69, 9.17) is 16.3 Å². The number of esters is 1. The van der Waals surface area contributed by atoms with Crippen molar-refractivity contribution in [1.82, 2.24) is 0 Å². The van der Waals surface area contributed by atoms with Gasteiger partial charge in [-0.1, -0.05) is 11.6 Å². The summed E-state index contributed by atoms with van der Waals surface area (Å²) in [5.74, 6) is -0.385. The van der Waals surface area contributed by atoms with Gasteiger partial charge >= 0.3 is 5.97 Å². The van der Waals surface area contributed by atoms with Crippen molar-refractivity contribution < 1.29 is 9.53 Å². The van der Waals surface area contributed by atoms with E-state index in [0.29, 0.717) is 22.8 Å². The Labute approximate surface area is 128 Å². The van der Waals surface area contributed by atoms with Crippen molar-refractivity contribution in [3.8, 4) is 0 Å². The Morgan fingerprint density at radius 2 is 2.26 bits per heavy atom. The zero-order valence-corrected chi connectivity index (χ0v) is 13.2. The average molecular weight is 361 g/mol. The predicted molar refractivity (Wildman–Crippen MR) is 82.1 cm³/mol. The zero-order valence-electron chi connectivity index (χ0n) is 10.1. The van der Waals surface area contributed by atoms with Crippen LogP contribution in [0.5, 0.6) is 0 Å². The highest BCUT2D eigenvalue weighted by molar-refractivity contribution is 9.10. The van der Waals surface area contributed by atoms with Crippen LogP contribution >= 0.6 is 38.9 Å². The van der Waals surface area contributed by atoms with Gasteiger partial charge in [-0.25, -0.2) is 4.79 Å². The largest absolute Gasteiger partial charge is 0.465 e. The Morgan fingerprint density at radius 3 is 2.89 bits per heavy atom. The number of hydrogen-bond donors (Lipinski definition) is 1. The quantitative estimate of drug-likeness (QED) is 0.812. The highest BCUT2D eigenvalue weighted by Gasteiger charge is 2.12. The van der Waals surface area contributed by atoms with Gasteiger partial charge in [0.1, 0.15) is 0 Å². The minimum Gasteiger partial charge on any atom is -0.465 e. The summed E-state index contributed by atoms with van der Waals surface area (Å²) in [5.41, 5.74) is 1.14. The van der Waals surface area contributed by atoms with E-state index in [9.17, 15) is 4.79 Å². The number of nitrogens with one attached hydrogen (secondary N) is 1. The number of hydrogen-bond acceptors (Lipinski definition) is 4. The summed E-state index contributed by atoms with van der Waals surface area (Å²) < 4.78 is 5.80. The van der Waals surface area contributed by atoms with Gasteiger partial charge in [-0.05, 0) is 45.6 Å². The average Bonchev–Trinajstić information content (AvgIpc) is 2.81. The molecule has 2 rings (SSSR count). The topological polar surface area (TPSA) is 38.3 Å². The molecule has 0 fully saturated rings. The third-order valence-electron chi connectivity index (χ3n) is 2.52. The normalized spacial score (nSPS) is 10.3. The zero-order chi connectivity index (χ0) is 13.8. The lowest BCUT2D eigenvalue weighted by molar-refractivity contribution is 0.0602. The first-order chi connectivity index (χ1) is 9.11. The van der Waals surface area contributed by atoms with E-state index in [0.717, 1.165) is 9.35 Å². The van der Waals surface area contributed by atoms with Crippen molar-refractivity contribution in [3.63, 3.8) is 0 Å². The predicted octanol–water partition coefficient (Wildman–Crippen LogP) is 4.56. The molecule has 1 aromatic carbocycles. The first-order valence-corrected chi connectivity index (χ1v) is 7.50. The van der Waals surface area contributed by atoms with E-state index in [1.165, 1.54) is 7.11 Å². The van der Waals surface area contributed by atoms with E-state index in [-0.39, 0.29) is 5.97 Å². The first kappa shape index (κ1) is 14.4. The SMILES string of the molecule is COC(=O)c1ccc(Cl)cc1NCc1sccc1Br. The van der Waals surface area contributed by atoms with Crippen LogP contribution in [0.2, 0.25) is 5.02 Å². The Bertz CT molecular complexity index is 600. The van der Waals surface area contributed by atoms with Crippen molar-refractivity contribution in [2.75, 3.05) is 12.4 Å². The maximum atomic E-state index is 11.7. The summed E-state index contributed by atoms with van der Waals surface area (Å²) in [6.07, 6.45) is 0. The van der Waals surface area contributed by atoms with Gasteiger partial charge < -0.3 is 10.1 Å². The van der Waals surface area contributed by atoms with Crippen molar-refractivity contribution >= 4 is 50.5 Å². The molecule has 3 nitrogen and oxygen atoms in total. The van der Waals surface area contributed by atoms with Crippen molar-refractivity contribution in [1.29, 1.82) is 0 Å². The van der Waals surface area contributed by atoms with E-state index in [2.05, 4.69) is 21.2 Å². The molecule has 6 heteroatoms. The summed E-state index contributed by atoms with van der Waals surface area (Å²) in [7, 11) is 1.36. The number of carbonyl (C=O) groups excluding carboxylic acids is 1. The fourth-order valence-corrected chi connectivity index (χ4v) is 3.18. The minimum atomic E-state index is -0.385. The molecular weight excluding hydrogens is 350 g/mol. The Kier molecular flexibility index (Phi) is 4.85. The van der Waals surface area contributed by atoms with Crippen LogP contribution in [-0.2, 0) is 11.3 Å². The third kappa shape index (κ3) is 3.49. The molecule has 1 heterocycles. The fourth-order valence-electron chi connectivity index (χ4n) is 1.58. The monoisotopic (exact) mass is 359 g/mol. The van der Waals surface area contributed by atoms with Crippen LogP contribution in [0.1, 0.15) is 15.2 Å². The van der Waals surface area contributed by atoms with E-state index in [1.54, 1.807) is 29.5 Å². The second-order valence-corrected chi connectivity index (χ2v) is 6.02. The molecule has 0 aliphatic heterocycles. The molecule has 0 bridgehead atoms. The Morgan fingerprint density at radius 1 is 1.47 bits per heavy atom. The van der Waals surface area contributed by atoms with E-state index >= 15 is 0 Å². The number of thiophene rings is 1. The van der Waals surface area contributed by atoms with E-state index in [1.807, 2.05) is 11.4 Å². The first-order valence-electron chi connectivity index (χ1n) is 5.45. The molecule has 0 radical (unpaired) electrons. The summed E-state index contributed by atoms with van der Waals surface area (Å²) >= 11 is 11.1. The molecule has 0 saturated heterocycles. The number of methoxy groups -OCH3 is 1. The van der Waals surface area contributed by atoms with Crippen LogP contribution < -0.4 is 5.32 Å². The second kappa shape index (κ2) is 6.41. The third-order valence-corrected chi connectivity index (χ3v) is 4.68. The molecule has 1 N–H and O–H groups in total. The van der Waals surface area contributed by atoms with Gasteiger partial charge in [-0.3, -0.25) is 0 Å². The van der Waals surface area contributed by atoms with Crippen LogP contribution in [-0.4, -0.2) is 13.1 Å². The van der Waals surface area contributed by atoms with Crippen LogP contribution in [0, 0.1) is 0 Å². The van der Waals surface area contributed by atoms with E-state index < -0.39 is 0 Å². The molecule has 1 aromatic heterocycles. The van der Waals surface area contributed by atoms with Gasteiger partial charge in [0, 0.05) is 14.4 Å². The Hall–Kier alpha value is -1.04. The maximum Gasteiger partial charge on any atom is 0.339 e. The van der Waals surface area contributed by atoms with Crippen LogP contribution in [0.15, 0.2) is 34.1 Å². The molecule has 0 spiro atoms. The summed E-state index contributed by atoms with van der Waals surface area (Å²) in [4.78, 5) is 12.8. The molecule has 0 aliphatic carbocycles. The molecule has 0 saturated carbocycles. The van der Waals surface area contributed by atoms with Gasteiger partial charge in [0.2, 0.25) is 0 Å². The number of ether oxygens (including phenoxy) is 1. The molecular formula is C13H11BrClNO2S. The van der Waals surface area contributed by atoms with Crippen LogP contribution in [0.3, 0.4) is 0 Å². The fraction of sp³-hybridized carbons (Fsp3) is 0.154. The Balaban J connectivity index is 2.21. The number of anilines is 1. The van der Waals surface area contributed by atoms with Crippen LogP contribution in [0.25, 0.3) is 0 Å². The molecule has 0 amide bonds. The number of halogens is 2. The molecule has 0 atom stereocenters. The minimum absolute atomic E-state index is 0.385. The molecule has 100 valence electrons. The molecule has 19 heavy (non-hydrogen) atoms. The second-order valence-electron chi connectivity index (χ2n) is 3.73. The number of carbonyl (C=O) groups is 1. The van der Waals surface area contributed by atoms with Gasteiger partial charge in [0.15, 0.2) is 0 Å². The lowest BCUT2D eigenvalue weighted by Gasteiger charge is -2.10. The summed E-state index contributed by atoms with van der Waals surface area (Å²) in [5, 5.41) is 5.78. The molecule has 0 unspecified atom stereocenters. The smallest absolute Gasteiger partial charge is 0.339 e. The number of rotatable bonds is 4.